The van der Waals surface area contributed by atoms with Crippen molar-refractivity contribution in [1.29, 1.82) is 0 Å². The third-order valence-corrected chi connectivity index (χ3v) is 4.08. The van der Waals surface area contributed by atoms with E-state index in [1.807, 2.05) is 32.0 Å². The summed E-state index contributed by atoms with van der Waals surface area (Å²) in [6.45, 7) is 5.51. The molecule has 0 aliphatic carbocycles. The molecule has 0 fully saturated rings. The molecule has 0 aliphatic rings. The zero-order valence-corrected chi connectivity index (χ0v) is 15.4. The van der Waals surface area contributed by atoms with Crippen LogP contribution in [-0.4, -0.2) is 20.9 Å². The van der Waals surface area contributed by atoms with Crippen molar-refractivity contribution in [3.05, 3.63) is 70.5 Å². The second-order valence-electron chi connectivity index (χ2n) is 6.37. The second-order valence-corrected chi connectivity index (χ2v) is 6.37. The number of alkyl halides is 3. The van der Waals surface area contributed by atoms with Gasteiger partial charge in [-0.3, -0.25) is 15.6 Å². The Balaban J connectivity index is 1.76. The maximum atomic E-state index is 12.8. The zero-order valence-electron chi connectivity index (χ0n) is 15.4. The van der Waals surface area contributed by atoms with Gasteiger partial charge in [0.2, 0.25) is 0 Å². The van der Waals surface area contributed by atoms with Crippen molar-refractivity contribution < 1.29 is 18.0 Å². The smallest absolute Gasteiger partial charge is 0.298 e. The molecule has 9 heteroatoms. The Kier molecular flexibility index (Phi) is 5.08. The van der Waals surface area contributed by atoms with Crippen molar-refractivity contribution >= 4 is 11.6 Å². The SMILES string of the molecule is Cc1ccc(-n2nc(C)c(C(=O)NNc3cccc(C(F)(F)F)c3)n2)c(C)c1. The van der Waals surface area contributed by atoms with E-state index in [-0.39, 0.29) is 11.4 Å². The molecule has 0 radical (unpaired) electrons. The molecule has 1 amide bonds. The van der Waals surface area contributed by atoms with Gasteiger partial charge < -0.3 is 0 Å². The van der Waals surface area contributed by atoms with E-state index in [2.05, 4.69) is 21.0 Å². The summed E-state index contributed by atoms with van der Waals surface area (Å²) in [6.07, 6.45) is -4.47. The fraction of sp³-hybridized carbons (Fsp3) is 0.211. The number of carbonyl (C=O) groups is 1. The van der Waals surface area contributed by atoms with Crippen LogP contribution < -0.4 is 10.9 Å². The average molecular weight is 389 g/mol. The molecule has 28 heavy (non-hydrogen) atoms. The number of hydrogen-bond acceptors (Lipinski definition) is 4. The molecule has 1 aromatic heterocycles. The first kappa shape index (κ1) is 19.4. The summed E-state index contributed by atoms with van der Waals surface area (Å²) in [7, 11) is 0. The molecule has 0 saturated heterocycles. The van der Waals surface area contributed by atoms with E-state index >= 15 is 0 Å². The molecule has 2 aromatic carbocycles. The first-order valence-electron chi connectivity index (χ1n) is 8.40. The Morgan fingerprint density at radius 2 is 1.79 bits per heavy atom. The van der Waals surface area contributed by atoms with Gasteiger partial charge in [-0.25, -0.2) is 0 Å². The lowest BCUT2D eigenvalue weighted by atomic mass is 10.1. The molecule has 3 aromatic rings. The number of carbonyl (C=O) groups excluding carboxylic acids is 1. The van der Waals surface area contributed by atoms with Crippen molar-refractivity contribution in [2.24, 2.45) is 0 Å². The molecule has 0 bridgehead atoms. The van der Waals surface area contributed by atoms with Gasteiger partial charge in [0.1, 0.15) is 0 Å². The highest BCUT2D eigenvalue weighted by atomic mass is 19.4. The minimum Gasteiger partial charge on any atom is -0.298 e. The first-order valence-corrected chi connectivity index (χ1v) is 8.40. The Morgan fingerprint density at radius 3 is 2.46 bits per heavy atom. The van der Waals surface area contributed by atoms with E-state index in [9.17, 15) is 18.0 Å². The quantitative estimate of drug-likeness (QED) is 0.663. The largest absolute Gasteiger partial charge is 0.416 e. The molecule has 0 unspecified atom stereocenters. The number of benzene rings is 2. The molecule has 6 nitrogen and oxygen atoms in total. The van der Waals surface area contributed by atoms with E-state index in [1.165, 1.54) is 16.9 Å². The number of nitrogens with zero attached hydrogens (tertiary/aromatic N) is 3. The van der Waals surface area contributed by atoms with Crippen LogP contribution in [0.25, 0.3) is 5.69 Å². The summed E-state index contributed by atoms with van der Waals surface area (Å²) in [5.41, 5.74) is 7.34. The van der Waals surface area contributed by atoms with Crippen LogP contribution in [0.1, 0.15) is 32.9 Å². The Bertz CT molecular complexity index is 1030. The van der Waals surface area contributed by atoms with Gasteiger partial charge in [0.25, 0.3) is 5.91 Å². The molecule has 0 aliphatic heterocycles. The van der Waals surface area contributed by atoms with Crippen LogP contribution in [0.2, 0.25) is 0 Å². The Labute approximate surface area is 159 Å². The predicted octanol–water partition coefficient (Wildman–Crippen LogP) is 3.97. The molecule has 0 saturated carbocycles. The fourth-order valence-electron chi connectivity index (χ4n) is 2.69. The van der Waals surface area contributed by atoms with Gasteiger partial charge in [-0.05, 0) is 50.6 Å². The molecule has 0 spiro atoms. The van der Waals surface area contributed by atoms with Crippen LogP contribution in [0.5, 0.6) is 0 Å². The second kappa shape index (κ2) is 7.34. The average Bonchev–Trinajstić information content (AvgIpc) is 3.00. The summed E-state index contributed by atoms with van der Waals surface area (Å²) >= 11 is 0. The number of aryl methyl sites for hydroxylation is 3. The number of aromatic nitrogens is 3. The van der Waals surface area contributed by atoms with Crippen molar-refractivity contribution in [3.63, 3.8) is 0 Å². The topological polar surface area (TPSA) is 71.8 Å². The van der Waals surface area contributed by atoms with Crippen molar-refractivity contribution in [1.82, 2.24) is 20.4 Å². The lowest BCUT2D eigenvalue weighted by Crippen LogP contribution is -2.30. The van der Waals surface area contributed by atoms with Crippen LogP contribution in [0, 0.1) is 20.8 Å². The number of hydrogen-bond donors (Lipinski definition) is 2. The van der Waals surface area contributed by atoms with E-state index < -0.39 is 17.6 Å². The van der Waals surface area contributed by atoms with E-state index in [0.29, 0.717) is 5.69 Å². The maximum Gasteiger partial charge on any atom is 0.416 e. The number of halogens is 3. The number of hydrazine groups is 1. The molecular formula is C19H18F3N5O. The molecule has 0 atom stereocenters. The van der Waals surface area contributed by atoms with Gasteiger partial charge in [-0.1, -0.05) is 23.8 Å². The van der Waals surface area contributed by atoms with Gasteiger partial charge >= 0.3 is 6.18 Å². The minimum absolute atomic E-state index is 0.0689. The first-order chi connectivity index (χ1) is 13.1. The normalized spacial score (nSPS) is 11.4. The number of nitrogens with one attached hydrogen (secondary N) is 2. The number of rotatable bonds is 4. The lowest BCUT2D eigenvalue weighted by molar-refractivity contribution is -0.137. The predicted molar refractivity (Wildman–Crippen MR) is 98.1 cm³/mol. The lowest BCUT2D eigenvalue weighted by Gasteiger charge is -2.11. The van der Waals surface area contributed by atoms with Crippen molar-refractivity contribution in [3.8, 4) is 5.69 Å². The van der Waals surface area contributed by atoms with Crippen LogP contribution in [0.3, 0.4) is 0 Å². The number of anilines is 1. The third kappa shape index (κ3) is 4.13. The van der Waals surface area contributed by atoms with Gasteiger partial charge in [-0.2, -0.15) is 23.1 Å². The summed E-state index contributed by atoms with van der Waals surface area (Å²) in [4.78, 5) is 13.8. The monoisotopic (exact) mass is 389 g/mol. The Hall–Kier alpha value is -3.36. The highest BCUT2D eigenvalue weighted by Crippen LogP contribution is 2.30. The molecule has 3 rings (SSSR count). The van der Waals surface area contributed by atoms with Crippen molar-refractivity contribution in [2.45, 2.75) is 26.9 Å². The highest BCUT2D eigenvalue weighted by molar-refractivity contribution is 5.93. The summed E-state index contributed by atoms with van der Waals surface area (Å²) < 4.78 is 38.3. The van der Waals surface area contributed by atoms with E-state index in [0.717, 1.165) is 28.9 Å². The highest BCUT2D eigenvalue weighted by Gasteiger charge is 2.30. The standard InChI is InChI=1S/C19H18F3N5O/c1-11-7-8-16(12(2)9-11)27-25-13(3)17(26-27)18(28)24-23-15-6-4-5-14(10-15)19(20,21)22/h4-10,23H,1-3H3,(H,24,28). The third-order valence-electron chi connectivity index (χ3n) is 4.08. The summed E-state index contributed by atoms with van der Waals surface area (Å²) in [5, 5.41) is 8.48. The van der Waals surface area contributed by atoms with Crippen LogP contribution in [-0.2, 0) is 6.18 Å². The molecular weight excluding hydrogens is 371 g/mol. The fourth-order valence-corrected chi connectivity index (χ4v) is 2.69. The van der Waals surface area contributed by atoms with Gasteiger partial charge in [0, 0.05) is 0 Å². The van der Waals surface area contributed by atoms with Crippen LogP contribution >= 0.6 is 0 Å². The minimum atomic E-state index is -4.47. The van der Waals surface area contributed by atoms with Gasteiger partial charge in [0.05, 0.1) is 22.6 Å². The summed E-state index contributed by atoms with van der Waals surface area (Å²) in [5.74, 6) is -0.606. The molecule has 2 N–H and O–H groups in total. The summed E-state index contributed by atoms with van der Waals surface area (Å²) in [6, 6.07) is 10.3. The maximum absolute atomic E-state index is 12.8. The van der Waals surface area contributed by atoms with Gasteiger partial charge in [0.15, 0.2) is 5.69 Å². The van der Waals surface area contributed by atoms with Crippen LogP contribution in [0.15, 0.2) is 42.5 Å². The number of amides is 1. The zero-order chi connectivity index (χ0) is 20.5. The Morgan fingerprint density at radius 1 is 1.04 bits per heavy atom. The van der Waals surface area contributed by atoms with Crippen LogP contribution in [0.4, 0.5) is 18.9 Å². The molecule has 1 heterocycles. The van der Waals surface area contributed by atoms with Gasteiger partial charge in [-0.15, -0.1) is 5.10 Å². The molecule has 146 valence electrons. The van der Waals surface area contributed by atoms with E-state index in [1.54, 1.807) is 6.92 Å². The van der Waals surface area contributed by atoms with Crippen molar-refractivity contribution in [2.75, 3.05) is 5.43 Å². The van der Waals surface area contributed by atoms with E-state index in [4.69, 9.17) is 0 Å².